The number of fused-ring (bicyclic) bond motifs is 1. The molecule has 1 aliphatic heterocycles. The maximum absolute atomic E-state index is 12.0. The molecular weight excluding hydrogens is 320 g/mol. The fourth-order valence-electron chi connectivity index (χ4n) is 2.86. The summed E-state index contributed by atoms with van der Waals surface area (Å²) in [5.41, 5.74) is 4.45. The van der Waals surface area contributed by atoms with Crippen molar-refractivity contribution in [1.29, 1.82) is 0 Å². The van der Waals surface area contributed by atoms with Crippen LogP contribution in [0.1, 0.15) is 11.1 Å². The van der Waals surface area contributed by atoms with E-state index < -0.39 is 10.8 Å². The normalized spacial score (nSPS) is 19.8. The van der Waals surface area contributed by atoms with Gasteiger partial charge in [-0.05, 0) is 10.8 Å². The van der Waals surface area contributed by atoms with E-state index in [1.54, 1.807) is 12.1 Å². The summed E-state index contributed by atoms with van der Waals surface area (Å²) in [6.45, 7) is 0. The summed E-state index contributed by atoms with van der Waals surface area (Å²) in [6.07, 6.45) is 0. The monoisotopic (exact) mass is 334 g/mol. The van der Waals surface area contributed by atoms with Crippen LogP contribution in [0.4, 0.5) is 0 Å². The zero-order chi connectivity index (χ0) is 16.6. The van der Waals surface area contributed by atoms with Crippen molar-refractivity contribution >= 4 is 33.5 Å². The summed E-state index contributed by atoms with van der Waals surface area (Å²) < 4.78 is 0. The molecule has 5 heteroatoms. The molecule has 0 amide bonds. The molecule has 0 aliphatic carbocycles. The largest absolute Gasteiger partial charge is 0.479 e. The van der Waals surface area contributed by atoms with E-state index in [-0.39, 0.29) is 0 Å². The van der Waals surface area contributed by atoms with Crippen LogP contribution < -0.4 is 5.43 Å². The first-order valence-corrected chi connectivity index (χ1v) is 8.33. The molecule has 0 aromatic heterocycles. The first-order chi connectivity index (χ1) is 11.7. The standard InChI is InChI=1S/C19H14N2O2S/c22-18(23)19(14-9-2-1-3-10-14)21-20-17(24-19)16-12-6-8-13-7-4-5-11-15(13)16/h1-12,21H,(H,22,23). The fraction of sp³-hybridized carbons (Fsp3) is 0.0526. The molecule has 0 fully saturated rings. The Balaban J connectivity index is 1.79. The van der Waals surface area contributed by atoms with Crippen LogP contribution in [0.25, 0.3) is 10.8 Å². The first kappa shape index (κ1) is 14.8. The maximum Gasteiger partial charge on any atom is 0.346 e. The first-order valence-electron chi connectivity index (χ1n) is 7.52. The third kappa shape index (κ3) is 2.25. The lowest BCUT2D eigenvalue weighted by Gasteiger charge is -2.23. The Morgan fingerprint density at radius 2 is 1.67 bits per heavy atom. The molecule has 4 nitrogen and oxygen atoms in total. The molecule has 4 rings (SSSR count). The van der Waals surface area contributed by atoms with Crippen LogP contribution in [0.15, 0.2) is 77.9 Å². The fourth-order valence-corrected chi connectivity index (χ4v) is 3.96. The average Bonchev–Trinajstić information content (AvgIpc) is 3.09. The summed E-state index contributed by atoms with van der Waals surface area (Å²) >= 11 is 1.23. The highest BCUT2D eigenvalue weighted by molar-refractivity contribution is 8.16. The molecule has 0 saturated heterocycles. The zero-order valence-corrected chi connectivity index (χ0v) is 13.5. The highest BCUT2D eigenvalue weighted by Crippen LogP contribution is 2.41. The molecule has 3 aromatic carbocycles. The second-order valence-corrected chi connectivity index (χ2v) is 6.71. The third-order valence-corrected chi connectivity index (χ3v) is 5.38. The third-order valence-electron chi connectivity index (χ3n) is 4.07. The highest BCUT2D eigenvalue weighted by atomic mass is 32.2. The van der Waals surface area contributed by atoms with Gasteiger partial charge in [0.05, 0.1) is 0 Å². The van der Waals surface area contributed by atoms with Gasteiger partial charge < -0.3 is 5.11 Å². The van der Waals surface area contributed by atoms with Crippen LogP contribution in [-0.2, 0) is 9.67 Å². The zero-order valence-electron chi connectivity index (χ0n) is 12.6. The van der Waals surface area contributed by atoms with Gasteiger partial charge in [0, 0.05) is 11.1 Å². The van der Waals surface area contributed by atoms with Gasteiger partial charge >= 0.3 is 5.97 Å². The van der Waals surface area contributed by atoms with Crippen LogP contribution in [0.5, 0.6) is 0 Å². The van der Waals surface area contributed by atoms with Gasteiger partial charge in [0.1, 0.15) is 5.04 Å². The summed E-state index contributed by atoms with van der Waals surface area (Å²) in [7, 11) is 0. The number of thioether (sulfide) groups is 1. The molecular formula is C19H14N2O2S. The lowest BCUT2D eigenvalue weighted by atomic mass is 10.1. The van der Waals surface area contributed by atoms with E-state index in [1.165, 1.54) is 11.8 Å². The van der Waals surface area contributed by atoms with E-state index in [0.29, 0.717) is 10.6 Å². The predicted octanol–water partition coefficient (Wildman–Crippen LogP) is 3.78. The van der Waals surface area contributed by atoms with E-state index in [1.807, 2.05) is 60.7 Å². The van der Waals surface area contributed by atoms with E-state index >= 15 is 0 Å². The minimum Gasteiger partial charge on any atom is -0.479 e. The number of aliphatic carboxylic acids is 1. The lowest BCUT2D eigenvalue weighted by molar-refractivity contribution is -0.141. The van der Waals surface area contributed by atoms with Crippen molar-refractivity contribution in [2.75, 3.05) is 0 Å². The molecule has 0 saturated carbocycles. The Morgan fingerprint density at radius 1 is 0.958 bits per heavy atom. The predicted molar refractivity (Wildman–Crippen MR) is 97.0 cm³/mol. The van der Waals surface area contributed by atoms with Gasteiger partial charge in [0.15, 0.2) is 0 Å². The number of hydrazone groups is 1. The van der Waals surface area contributed by atoms with Gasteiger partial charge in [-0.3, -0.25) is 5.43 Å². The van der Waals surface area contributed by atoms with Gasteiger partial charge in [-0.25, -0.2) is 4.79 Å². The van der Waals surface area contributed by atoms with E-state index in [0.717, 1.165) is 16.3 Å². The topological polar surface area (TPSA) is 61.7 Å². The summed E-state index contributed by atoms with van der Waals surface area (Å²) in [6, 6.07) is 23.1. The minimum absolute atomic E-state index is 0.668. The van der Waals surface area contributed by atoms with Gasteiger partial charge in [0.2, 0.25) is 4.87 Å². The molecule has 1 atom stereocenters. The number of carbonyl (C=O) groups is 1. The Morgan fingerprint density at radius 3 is 2.46 bits per heavy atom. The molecule has 0 spiro atoms. The van der Waals surface area contributed by atoms with Crippen molar-refractivity contribution in [2.45, 2.75) is 4.87 Å². The maximum atomic E-state index is 12.0. The summed E-state index contributed by atoms with van der Waals surface area (Å²) in [5, 5.41) is 17.0. The summed E-state index contributed by atoms with van der Waals surface area (Å²) in [5.74, 6) is -0.960. The molecule has 0 radical (unpaired) electrons. The van der Waals surface area contributed by atoms with Crippen molar-refractivity contribution in [1.82, 2.24) is 5.43 Å². The van der Waals surface area contributed by atoms with Gasteiger partial charge in [-0.2, -0.15) is 5.10 Å². The number of nitrogens with one attached hydrogen (secondary N) is 1. The van der Waals surface area contributed by atoms with Crippen molar-refractivity contribution in [3.8, 4) is 0 Å². The molecule has 118 valence electrons. The quantitative estimate of drug-likeness (QED) is 0.765. The van der Waals surface area contributed by atoms with Gasteiger partial charge in [0.25, 0.3) is 0 Å². The highest BCUT2D eigenvalue weighted by Gasteiger charge is 2.46. The van der Waals surface area contributed by atoms with Crippen LogP contribution in [-0.4, -0.2) is 16.1 Å². The molecule has 3 aromatic rings. The van der Waals surface area contributed by atoms with Crippen LogP contribution in [0.2, 0.25) is 0 Å². The average molecular weight is 334 g/mol. The number of nitrogens with zero attached hydrogens (tertiary/aromatic N) is 1. The smallest absolute Gasteiger partial charge is 0.346 e. The Hall–Kier alpha value is -2.79. The number of hydrogen-bond donors (Lipinski definition) is 2. The Labute approximate surface area is 143 Å². The molecule has 1 aliphatic rings. The molecule has 1 unspecified atom stereocenters. The van der Waals surface area contributed by atoms with Gasteiger partial charge in [-0.15, -0.1) is 0 Å². The van der Waals surface area contributed by atoms with Crippen molar-refractivity contribution in [2.24, 2.45) is 5.10 Å². The van der Waals surface area contributed by atoms with Crippen LogP contribution in [0, 0.1) is 0 Å². The van der Waals surface area contributed by atoms with Crippen molar-refractivity contribution < 1.29 is 9.90 Å². The van der Waals surface area contributed by atoms with Crippen molar-refractivity contribution in [3.63, 3.8) is 0 Å². The molecule has 24 heavy (non-hydrogen) atoms. The Kier molecular flexibility index (Phi) is 3.50. The van der Waals surface area contributed by atoms with Crippen molar-refractivity contribution in [3.05, 3.63) is 83.9 Å². The number of carboxylic acid groups (broad SMARTS) is 1. The summed E-state index contributed by atoms with van der Waals surface area (Å²) in [4.78, 5) is 10.7. The molecule has 1 heterocycles. The Bertz CT molecular complexity index is 951. The number of hydrogen-bond acceptors (Lipinski definition) is 4. The number of benzene rings is 3. The van der Waals surface area contributed by atoms with E-state index in [2.05, 4.69) is 10.5 Å². The minimum atomic E-state index is -1.30. The van der Waals surface area contributed by atoms with Gasteiger partial charge in [-0.1, -0.05) is 84.6 Å². The second kappa shape index (κ2) is 5.69. The second-order valence-electron chi connectivity index (χ2n) is 5.51. The lowest BCUT2D eigenvalue weighted by Crippen LogP contribution is -2.41. The van der Waals surface area contributed by atoms with Crippen LogP contribution in [0.3, 0.4) is 0 Å². The van der Waals surface area contributed by atoms with E-state index in [4.69, 9.17) is 0 Å². The molecule has 0 bridgehead atoms. The van der Waals surface area contributed by atoms with Crippen LogP contribution >= 0.6 is 11.8 Å². The molecule has 2 N–H and O–H groups in total. The SMILES string of the molecule is O=C(O)C1(c2ccccc2)NN=C(c2cccc3ccccc23)S1. The number of rotatable bonds is 3. The number of carboxylic acids is 1. The van der Waals surface area contributed by atoms with E-state index in [9.17, 15) is 9.90 Å².